The molecule has 7 nitrogen and oxygen atoms in total. The Kier molecular flexibility index (Phi) is 3.91. The minimum absolute atomic E-state index is 0.109. The summed E-state index contributed by atoms with van der Waals surface area (Å²) in [6.07, 6.45) is 3.23. The highest BCUT2D eigenvalue weighted by molar-refractivity contribution is 6.23. The number of fused-ring (bicyclic) bond motifs is 1. The van der Waals surface area contributed by atoms with Crippen molar-refractivity contribution in [2.45, 2.75) is 31.7 Å². The lowest BCUT2D eigenvalue weighted by Crippen LogP contribution is -2.54. The summed E-state index contributed by atoms with van der Waals surface area (Å²) in [5.41, 5.74) is 1.50. The second-order valence-corrected chi connectivity index (χ2v) is 6.41. The van der Waals surface area contributed by atoms with E-state index in [1.54, 1.807) is 24.5 Å². The van der Waals surface area contributed by atoms with Crippen LogP contribution in [0.1, 0.15) is 44.9 Å². The van der Waals surface area contributed by atoms with Gasteiger partial charge in [0, 0.05) is 12.8 Å². The first kappa shape index (κ1) is 16.3. The fourth-order valence-electron chi connectivity index (χ4n) is 3.40. The van der Waals surface area contributed by atoms with E-state index >= 15 is 0 Å². The van der Waals surface area contributed by atoms with Crippen LogP contribution in [0.2, 0.25) is 0 Å². The normalized spacial score (nSPS) is 19.7. The van der Waals surface area contributed by atoms with E-state index in [-0.39, 0.29) is 18.7 Å². The van der Waals surface area contributed by atoms with Crippen molar-refractivity contribution >= 4 is 23.6 Å². The highest BCUT2D eigenvalue weighted by Gasteiger charge is 2.44. The molecule has 0 radical (unpaired) electrons. The Morgan fingerprint density at radius 1 is 1.04 bits per heavy atom. The van der Waals surface area contributed by atoms with Gasteiger partial charge >= 0.3 is 0 Å². The number of hydrogen-bond acceptors (Lipinski definition) is 5. The van der Waals surface area contributed by atoms with Crippen molar-refractivity contribution in [1.29, 1.82) is 0 Å². The Morgan fingerprint density at radius 3 is 2.58 bits per heavy atom. The zero-order valence-electron chi connectivity index (χ0n) is 13.9. The van der Waals surface area contributed by atoms with Crippen LogP contribution in [0, 0.1) is 0 Å². The smallest absolute Gasteiger partial charge is 0.262 e. The molecule has 4 rings (SSSR count). The second-order valence-electron chi connectivity index (χ2n) is 6.41. The second kappa shape index (κ2) is 6.25. The van der Waals surface area contributed by atoms with Crippen LogP contribution in [0.25, 0.3) is 0 Å². The van der Waals surface area contributed by atoms with Gasteiger partial charge in [-0.15, -0.1) is 0 Å². The number of aryl methyl sites for hydroxylation is 2. The van der Waals surface area contributed by atoms with E-state index in [4.69, 9.17) is 4.42 Å². The fraction of sp³-hybridized carbons (Fsp3) is 0.263. The van der Waals surface area contributed by atoms with Gasteiger partial charge in [-0.25, -0.2) is 0 Å². The van der Waals surface area contributed by atoms with Crippen LogP contribution in [-0.2, 0) is 22.4 Å². The van der Waals surface area contributed by atoms with Crippen molar-refractivity contribution in [1.82, 2.24) is 10.2 Å². The van der Waals surface area contributed by atoms with Crippen LogP contribution < -0.4 is 5.32 Å². The van der Waals surface area contributed by atoms with Gasteiger partial charge < -0.3 is 4.42 Å². The molecular weight excluding hydrogens is 336 g/mol. The molecule has 2 aromatic rings. The van der Waals surface area contributed by atoms with Crippen LogP contribution in [0.4, 0.5) is 0 Å². The van der Waals surface area contributed by atoms with Crippen molar-refractivity contribution < 1.29 is 23.6 Å². The molecule has 1 saturated heterocycles. The van der Waals surface area contributed by atoms with Crippen molar-refractivity contribution in [3.63, 3.8) is 0 Å². The maximum absolute atomic E-state index is 12.7. The SMILES string of the molecule is O=C1CCC(N2C(=O)c3ccc(CCc4ccco4)cc3C2=O)C(=O)N1. The first-order valence-corrected chi connectivity index (χ1v) is 8.41. The van der Waals surface area contributed by atoms with Gasteiger partial charge in [0.15, 0.2) is 0 Å². The minimum Gasteiger partial charge on any atom is -0.469 e. The lowest BCUT2D eigenvalue weighted by molar-refractivity contribution is -0.136. The number of hydrogen-bond donors (Lipinski definition) is 1. The van der Waals surface area contributed by atoms with Crippen molar-refractivity contribution in [3.8, 4) is 0 Å². The van der Waals surface area contributed by atoms with E-state index in [1.165, 1.54) is 0 Å². The molecule has 1 unspecified atom stereocenters. The third-order valence-corrected chi connectivity index (χ3v) is 4.74. The predicted octanol–water partition coefficient (Wildman–Crippen LogP) is 1.47. The van der Waals surface area contributed by atoms with Gasteiger partial charge in [0.2, 0.25) is 11.8 Å². The molecule has 0 saturated carbocycles. The highest BCUT2D eigenvalue weighted by Crippen LogP contribution is 2.28. The molecule has 1 atom stereocenters. The summed E-state index contributed by atoms with van der Waals surface area (Å²) < 4.78 is 5.30. The Balaban J connectivity index is 1.56. The monoisotopic (exact) mass is 352 g/mol. The van der Waals surface area contributed by atoms with Crippen LogP contribution >= 0.6 is 0 Å². The molecule has 3 heterocycles. The standard InChI is InChI=1S/C19H16N2O5/c22-16-8-7-15(17(23)20-16)21-18(24)13-6-4-11(10-14(13)19(21)25)3-5-12-2-1-9-26-12/h1-2,4,6,9-10,15H,3,5,7-8H2,(H,20,22,23). The number of nitrogens with one attached hydrogen (secondary N) is 1. The number of rotatable bonds is 4. The Morgan fingerprint density at radius 2 is 1.85 bits per heavy atom. The fourth-order valence-corrected chi connectivity index (χ4v) is 3.40. The summed E-state index contributed by atoms with van der Waals surface area (Å²) in [4.78, 5) is 49.7. The van der Waals surface area contributed by atoms with E-state index < -0.39 is 23.8 Å². The molecule has 0 aliphatic carbocycles. The Hall–Kier alpha value is -3.22. The number of amides is 4. The van der Waals surface area contributed by atoms with Crippen molar-refractivity contribution in [3.05, 3.63) is 59.0 Å². The van der Waals surface area contributed by atoms with E-state index in [0.29, 0.717) is 24.0 Å². The maximum Gasteiger partial charge on any atom is 0.262 e. The van der Waals surface area contributed by atoms with Gasteiger partial charge in [0.1, 0.15) is 11.8 Å². The molecule has 1 N–H and O–H groups in total. The molecule has 2 aliphatic rings. The van der Waals surface area contributed by atoms with E-state index in [9.17, 15) is 19.2 Å². The summed E-state index contributed by atoms with van der Waals surface area (Å²) in [6, 6.07) is 7.89. The number of imide groups is 2. The Labute approximate surface area is 149 Å². The quantitative estimate of drug-likeness (QED) is 0.841. The van der Waals surface area contributed by atoms with Crippen LogP contribution in [0.3, 0.4) is 0 Å². The maximum atomic E-state index is 12.7. The molecule has 4 amide bonds. The van der Waals surface area contributed by atoms with Crippen LogP contribution in [0.5, 0.6) is 0 Å². The third kappa shape index (κ3) is 2.71. The molecule has 7 heteroatoms. The Bertz CT molecular complexity index is 916. The number of benzene rings is 1. The number of furan rings is 1. The number of carbonyl (C=O) groups excluding carboxylic acids is 4. The highest BCUT2D eigenvalue weighted by atomic mass is 16.3. The third-order valence-electron chi connectivity index (χ3n) is 4.74. The van der Waals surface area contributed by atoms with E-state index in [2.05, 4.69) is 5.32 Å². The predicted molar refractivity (Wildman–Crippen MR) is 89.2 cm³/mol. The molecule has 1 aromatic heterocycles. The summed E-state index contributed by atoms with van der Waals surface area (Å²) in [7, 11) is 0. The summed E-state index contributed by atoms with van der Waals surface area (Å²) in [6.45, 7) is 0. The number of piperidine rings is 1. The number of carbonyl (C=O) groups is 4. The molecule has 2 aliphatic heterocycles. The summed E-state index contributed by atoms with van der Waals surface area (Å²) in [5.74, 6) is -1.12. The summed E-state index contributed by atoms with van der Waals surface area (Å²) >= 11 is 0. The van der Waals surface area contributed by atoms with Gasteiger partial charge in [-0.1, -0.05) is 6.07 Å². The summed E-state index contributed by atoms with van der Waals surface area (Å²) in [5, 5.41) is 2.19. The van der Waals surface area contributed by atoms with E-state index in [1.807, 2.05) is 12.1 Å². The van der Waals surface area contributed by atoms with Gasteiger partial charge in [0.05, 0.1) is 17.4 Å². The molecule has 132 valence electrons. The largest absolute Gasteiger partial charge is 0.469 e. The minimum atomic E-state index is -0.938. The first-order chi connectivity index (χ1) is 12.5. The van der Waals surface area contributed by atoms with Gasteiger partial charge in [-0.05, 0) is 42.7 Å². The average molecular weight is 352 g/mol. The van der Waals surface area contributed by atoms with Crippen molar-refractivity contribution in [2.24, 2.45) is 0 Å². The molecule has 0 spiro atoms. The van der Waals surface area contributed by atoms with Crippen LogP contribution in [-0.4, -0.2) is 34.6 Å². The topological polar surface area (TPSA) is 96.7 Å². The van der Waals surface area contributed by atoms with E-state index in [0.717, 1.165) is 16.2 Å². The lowest BCUT2D eigenvalue weighted by atomic mass is 10.0. The molecule has 26 heavy (non-hydrogen) atoms. The van der Waals surface area contributed by atoms with Crippen LogP contribution in [0.15, 0.2) is 41.0 Å². The molecule has 1 fully saturated rings. The molecule has 1 aromatic carbocycles. The first-order valence-electron chi connectivity index (χ1n) is 8.41. The van der Waals surface area contributed by atoms with Gasteiger partial charge in [0.25, 0.3) is 11.8 Å². The zero-order valence-corrected chi connectivity index (χ0v) is 13.9. The number of nitrogens with zero attached hydrogens (tertiary/aromatic N) is 1. The molecular formula is C19H16N2O5. The average Bonchev–Trinajstić information content (AvgIpc) is 3.22. The zero-order chi connectivity index (χ0) is 18.3. The lowest BCUT2D eigenvalue weighted by Gasteiger charge is -2.27. The van der Waals surface area contributed by atoms with Crippen molar-refractivity contribution in [2.75, 3.05) is 0 Å². The molecule has 0 bridgehead atoms. The van der Waals surface area contributed by atoms with Gasteiger partial charge in [-0.3, -0.25) is 29.4 Å². The van der Waals surface area contributed by atoms with Gasteiger partial charge in [-0.2, -0.15) is 0 Å².